The van der Waals surface area contributed by atoms with E-state index in [1.807, 2.05) is 19.9 Å². The van der Waals surface area contributed by atoms with Gasteiger partial charge in [-0.2, -0.15) is 0 Å². The number of hydrogen-bond donors (Lipinski definition) is 2. The summed E-state index contributed by atoms with van der Waals surface area (Å²) >= 11 is 0. The standard InChI is InChI=1S/C33H59N3O6/c1-5-8-9-10-11-12-13-14-15-16-17-18-19-23-29(7-3)41-42-31(32(37)35-24-6-2)30(39-4)27-40-33(38)36-26-28-22-20-21-25-34-28/h20-22,25,29-31H,5-19,23-24,26-27H2,1-4H3,(H,35,37)(H,36,38). The molecule has 2 N–H and O–H groups in total. The zero-order valence-corrected chi connectivity index (χ0v) is 26.9. The summed E-state index contributed by atoms with van der Waals surface area (Å²) in [6.45, 7) is 6.84. The fraction of sp³-hybridized carbons (Fsp3) is 0.788. The largest absolute Gasteiger partial charge is 0.447 e. The summed E-state index contributed by atoms with van der Waals surface area (Å²) in [4.78, 5) is 40.7. The van der Waals surface area contributed by atoms with Crippen LogP contribution >= 0.6 is 0 Å². The number of aromatic nitrogens is 1. The van der Waals surface area contributed by atoms with Crippen molar-refractivity contribution in [2.24, 2.45) is 0 Å². The van der Waals surface area contributed by atoms with Crippen LogP contribution in [0.15, 0.2) is 24.4 Å². The van der Waals surface area contributed by atoms with Crippen molar-refractivity contribution in [1.29, 1.82) is 0 Å². The van der Waals surface area contributed by atoms with Crippen molar-refractivity contribution < 1.29 is 28.8 Å². The second-order valence-corrected chi connectivity index (χ2v) is 11.0. The molecule has 3 unspecified atom stereocenters. The second-order valence-electron chi connectivity index (χ2n) is 11.0. The lowest BCUT2D eigenvalue weighted by Crippen LogP contribution is -2.48. The molecule has 0 aliphatic rings. The van der Waals surface area contributed by atoms with E-state index < -0.39 is 18.3 Å². The minimum absolute atomic E-state index is 0.126. The van der Waals surface area contributed by atoms with Crippen LogP contribution < -0.4 is 10.6 Å². The summed E-state index contributed by atoms with van der Waals surface area (Å²) in [6, 6.07) is 5.45. The first-order chi connectivity index (χ1) is 20.5. The van der Waals surface area contributed by atoms with Crippen molar-refractivity contribution >= 4 is 12.0 Å². The average molecular weight is 594 g/mol. The van der Waals surface area contributed by atoms with Crippen LogP contribution in [0, 0.1) is 0 Å². The van der Waals surface area contributed by atoms with Gasteiger partial charge in [0.1, 0.15) is 12.7 Å². The fourth-order valence-electron chi connectivity index (χ4n) is 4.63. The van der Waals surface area contributed by atoms with Gasteiger partial charge in [-0.25, -0.2) is 14.6 Å². The first kappa shape index (κ1) is 37.8. The smallest absolute Gasteiger partial charge is 0.407 e. The molecule has 0 aromatic carbocycles. The van der Waals surface area contributed by atoms with Gasteiger partial charge >= 0.3 is 6.09 Å². The maximum atomic E-state index is 12.9. The molecule has 0 bridgehead atoms. The molecule has 42 heavy (non-hydrogen) atoms. The molecule has 2 amide bonds. The Hall–Kier alpha value is -2.23. The maximum Gasteiger partial charge on any atom is 0.407 e. The molecule has 9 nitrogen and oxygen atoms in total. The van der Waals surface area contributed by atoms with E-state index in [0.29, 0.717) is 12.2 Å². The third kappa shape index (κ3) is 19.1. The van der Waals surface area contributed by atoms with Gasteiger partial charge in [0.25, 0.3) is 5.91 Å². The highest BCUT2D eigenvalue weighted by Crippen LogP contribution is 2.17. The Morgan fingerprint density at radius 3 is 2.00 bits per heavy atom. The molecule has 0 saturated heterocycles. The van der Waals surface area contributed by atoms with Gasteiger partial charge in [0, 0.05) is 19.9 Å². The Labute approximate surface area is 255 Å². The van der Waals surface area contributed by atoms with Crippen LogP contribution in [-0.2, 0) is 30.6 Å². The molecule has 0 aliphatic carbocycles. The molecule has 9 heteroatoms. The molecule has 0 aliphatic heterocycles. The Morgan fingerprint density at radius 2 is 1.45 bits per heavy atom. The number of pyridine rings is 1. The molecule has 0 saturated carbocycles. The van der Waals surface area contributed by atoms with Crippen molar-refractivity contribution in [2.75, 3.05) is 20.3 Å². The van der Waals surface area contributed by atoms with E-state index in [9.17, 15) is 9.59 Å². The lowest BCUT2D eigenvalue weighted by atomic mass is 10.0. The zero-order valence-electron chi connectivity index (χ0n) is 26.9. The van der Waals surface area contributed by atoms with Gasteiger partial charge in [0.2, 0.25) is 6.10 Å². The predicted molar refractivity (Wildman–Crippen MR) is 167 cm³/mol. The molecule has 1 aromatic rings. The molecular formula is C33H59N3O6. The number of alkyl carbamates (subject to hydrolysis) is 1. The molecule has 1 aromatic heterocycles. The van der Waals surface area contributed by atoms with Crippen LogP contribution in [0.1, 0.15) is 129 Å². The normalized spacial score (nSPS) is 13.3. The van der Waals surface area contributed by atoms with Crippen LogP contribution in [0.5, 0.6) is 0 Å². The third-order valence-electron chi connectivity index (χ3n) is 7.35. The molecule has 242 valence electrons. The number of ether oxygens (including phenoxy) is 2. The zero-order chi connectivity index (χ0) is 30.7. The second kappa shape index (κ2) is 26.4. The molecule has 1 heterocycles. The minimum atomic E-state index is -1.08. The highest BCUT2D eigenvalue weighted by molar-refractivity contribution is 5.81. The Morgan fingerprint density at radius 1 is 0.810 bits per heavy atom. The predicted octanol–water partition coefficient (Wildman–Crippen LogP) is 7.43. The van der Waals surface area contributed by atoms with Crippen molar-refractivity contribution in [3.63, 3.8) is 0 Å². The maximum absolute atomic E-state index is 12.9. The van der Waals surface area contributed by atoms with E-state index in [-0.39, 0.29) is 25.2 Å². The summed E-state index contributed by atoms with van der Waals surface area (Å²) in [5.74, 6) is -0.364. The van der Waals surface area contributed by atoms with Gasteiger partial charge in [-0.15, -0.1) is 0 Å². The molecule has 3 atom stereocenters. The van der Waals surface area contributed by atoms with Crippen molar-refractivity contribution in [3.8, 4) is 0 Å². The summed E-state index contributed by atoms with van der Waals surface area (Å²) in [5.41, 5.74) is 0.709. The Bertz CT molecular complexity index is 782. The number of nitrogens with zero attached hydrogens (tertiary/aromatic N) is 1. The van der Waals surface area contributed by atoms with Crippen LogP contribution in [-0.4, -0.2) is 55.6 Å². The summed E-state index contributed by atoms with van der Waals surface area (Å²) in [7, 11) is 1.45. The Kier molecular flexibility index (Phi) is 23.8. The van der Waals surface area contributed by atoms with Gasteiger partial charge in [-0.05, 0) is 31.4 Å². The molecule has 0 fully saturated rings. The van der Waals surface area contributed by atoms with Crippen molar-refractivity contribution in [1.82, 2.24) is 15.6 Å². The number of unbranched alkanes of at least 4 members (excludes halogenated alkanes) is 12. The SMILES string of the molecule is CCCCCCCCCCCCCCCC(CC)OOC(C(=O)NCCC)C(COC(=O)NCc1ccccn1)OC. The van der Waals surface area contributed by atoms with Crippen LogP contribution in [0.2, 0.25) is 0 Å². The quantitative estimate of drug-likeness (QED) is 0.0620. The number of methoxy groups -OCH3 is 1. The Balaban J connectivity index is 2.37. The van der Waals surface area contributed by atoms with Crippen LogP contribution in [0.25, 0.3) is 0 Å². The molecule has 0 spiro atoms. The van der Waals surface area contributed by atoms with E-state index in [4.69, 9.17) is 19.2 Å². The number of carbonyl (C=O) groups is 2. The topological polar surface area (TPSA) is 108 Å². The van der Waals surface area contributed by atoms with E-state index >= 15 is 0 Å². The van der Waals surface area contributed by atoms with Gasteiger partial charge in [-0.1, -0.05) is 110 Å². The van der Waals surface area contributed by atoms with Gasteiger partial charge in [-0.3, -0.25) is 9.78 Å². The van der Waals surface area contributed by atoms with Crippen molar-refractivity contribution in [2.45, 2.75) is 148 Å². The minimum Gasteiger partial charge on any atom is -0.447 e. The average Bonchev–Trinajstić information content (AvgIpc) is 3.01. The highest BCUT2D eigenvalue weighted by Gasteiger charge is 2.32. The van der Waals surface area contributed by atoms with Gasteiger partial charge < -0.3 is 20.1 Å². The number of amides is 2. The molecule has 1 rings (SSSR count). The fourth-order valence-corrected chi connectivity index (χ4v) is 4.63. The third-order valence-corrected chi connectivity index (χ3v) is 7.35. The first-order valence-electron chi connectivity index (χ1n) is 16.5. The lowest BCUT2D eigenvalue weighted by molar-refractivity contribution is -0.357. The molecule has 0 radical (unpaired) electrons. The summed E-state index contributed by atoms with van der Waals surface area (Å²) < 4.78 is 10.8. The van der Waals surface area contributed by atoms with Gasteiger partial charge in [0.05, 0.1) is 18.3 Å². The monoisotopic (exact) mass is 593 g/mol. The van der Waals surface area contributed by atoms with Crippen LogP contribution in [0.3, 0.4) is 0 Å². The number of rotatable bonds is 27. The summed E-state index contributed by atoms with van der Waals surface area (Å²) in [5, 5.41) is 5.48. The summed E-state index contributed by atoms with van der Waals surface area (Å²) in [6.07, 6.45) is 18.4. The van der Waals surface area contributed by atoms with Gasteiger partial charge in [0.15, 0.2) is 0 Å². The first-order valence-corrected chi connectivity index (χ1v) is 16.5. The highest BCUT2D eigenvalue weighted by atomic mass is 17.2. The molecular weight excluding hydrogens is 534 g/mol. The van der Waals surface area contributed by atoms with E-state index in [0.717, 1.165) is 25.7 Å². The van der Waals surface area contributed by atoms with E-state index in [2.05, 4.69) is 22.5 Å². The van der Waals surface area contributed by atoms with Crippen LogP contribution in [0.4, 0.5) is 4.79 Å². The van der Waals surface area contributed by atoms with E-state index in [1.165, 1.54) is 84.2 Å². The number of carbonyl (C=O) groups excluding carboxylic acids is 2. The lowest BCUT2D eigenvalue weighted by Gasteiger charge is -2.26. The number of nitrogens with one attached hydrogen (secondary N) is 2. The number of hydrogen-bond acceptors (Lipinski definition) is 7. The van der Waals surface area contributed by atoms with Crippen molar-refractivity contribution in [3.05, 3.63) is 30.1 Å². The van der Waals surface area contributed by atoms with E-state index in [1.54, 1.807) is 18.3 Å².